The number of nitrogens with one attached hydrogen (secondary N) is 1. The third-order valence-electron chi connectivity index (χ3n) is 2.16. The van der Waals surface area contributed by atoms with Crippen LogP contribution < -0.4 is 0 Å². The molecule has 2 aromatic rings. The molecule has 6 heteroatoms. The van der Waals surface area contributed by atoms with Crippen molar-refractivity contribution in [3.05, 3.63) is 24.1 Å². The Morgan fingerprint density at radius 2 is 2.24 bits per heavy atom. The molecule has 0 radical (unpaired) electrons. The number of fused-ring (bicyclic) bond motifs is 1. The fourth-order valence-electron chi connectivity index (χ4n) is 1.29. The van der Waals surface area contributed by atoms with Gasteiger partial charge in [0, 0.05) is 18.6 Å². The molecule has 17 heavy (non-hydrogen) atoms. The van der Waals surface area contributed by atoms with E-state index < -0.39 is 11.9 Å². The first-order valence-electron chi connectivity index (χ1n) is 5.09. The van der Waals surface area contributed by atoms with E-state index in [1.807, 2.05) is 0 Å². The van der Waals surface area contributed by atoms with Crippen LogP contribution in [0.1, 0.15) is 23.8 Å². The Morgan fingerprint density at radius 3 is 2.94 bits per heavy atom. The molecule has 6 nitrogen and oxygen atoms in total. The first-order valence-corrected chi connectivity index (χ1v) is 5.09. The molecule has 0 saturated carbocycles. The van der Waals surface area contributed by atoms with Crippen molar-refractivity contribution in [3.63, 3.8) is 0 Å². The van der Waals surface area contributed by atoms with Crippen molar-refractivity contribution in [1.29, 1.82) is 0 Å². The zero-order chi connectivity index (χ0) is 12.3. The highest BCUT2D eigenvalue weighted by Crippen LogP contribution is 2.16. The van der Waals surface area contributed by atoms with E-state index in [1.165, 1.54) is 12.3 Å². The van der Waals surface area contributed by atoms with Crippen molar-refractivity contribution in [3.8, 4) is 0 Å². The van der Waals surface area contributed by atoms with Crippen LogP contribution >= 0.6 is 0 Å². The van der Waals surface area contributed by atoms with Gasteiger partial charge in [0.15, 0.2) is 5.58 Å². The van der Waals surface area contributed by atoms with Crippen LogP contribution in [0.3, 0.4) is 0 Å². The number of carbonyl (C=O) groups excluding carboxylic acids is 2. The zero-order valence-electron chi connectivity index (χ0n) is 9.19. The first-order chi connectivity index (χ1) is 8.20. The normalized spacial score (nSPS) is 10.4. The number of hydrogen-bond donors (Lipinski definition) is 1. The number of furan rings is 1. The Balaban J connectivity index is 1.92. The monoisotopic (exact) mass is 237 g/mol. The van der Waals surface area contributed by atoms with E-state index in [1.54, 1.807) is 13.0 Å². The number of carbonyl (C=O) groups is 2. The average Bonchev–Trinajstić information content (AvgIpc) is 2.88. The van der Waals surface area contributed by atoms with Gasteiger partial charge in [0.1, 0.15) is 5.69 Å². The van der Waals surface area contributed by atoms with E-state index in [-0.39, 0.29) is 18.9 Å². The van der Waals surface area contributed by atoms with Crippen LogP contribution in [-0.4, -0.2) is 23.7 Å². The SMILES string of the molecule is CCC(=O)OCOC(=O)c1cc2occc2[nH]1. The van der Waals surface area contributed by atoms with E-state index in [0.717, 1.165) is 0 Å². The summed E-state index contributed by atoms with van der Waals surface area (Å²) in [5.41, 5.74) is 1.54. The van der Waals surface area contributed by atoms with Crippen molar-refractivity contribution in [2.75, 3.05) is 6.79 Å². The second-order valence-corrected chi connectivity index (χ2v) is 3.30. The highest BCUT2D eigenvalue weighted by molar-refractivity contribution is 5.93. The molecule has 0 aliphatic heterocycles. The highest BCUT2D eigenvalue weighted by Gasteiger charge is 2.12. The number of ether oxygens (including phenoxy) is 2. The number of esters is 2. The van der Waals surface area contributed by atoms with Crippen LogP contribution in [0.25, 0.3) is 11.1 Å². The Kier molecular flexibility index (Phi) is 3.13. The van der Waals surface area contributed by atoms with Gasteiger partial charge in [-0.3, -0.25) is 4.79 Å². The Bertz CT molecular complexity index is 510. The molecular weight excluding hydrogens is 226 g/mol. The molecule has 2 rings (SSSR count). The molecule has 90 valence electrons. The topological polar surface area (TPSA) is 81.5 Å². The third kappa shape index (κ3) is 2.47. The van der Waals surface area contributed by atoms with Gasteiger partial charge in [-0.25, -0.2) is 4.79 Å². The zero-order valence-corrected chi connectivity index (χ0v) is 9.19. The molecule has 0 aliphatic carbocycles. The molecule has 2 aromatic heterocycles. The van der Waals surface area contributed by atoms with Crippen molar-refractivity contribution < 1.29 is 23.5 Å². The standard InChI is InChI=1S/C11H11NO5/c1-2-10(13)16-6-17-11(14)8-5-9-7(12-8)3-4-15-9/h3-5,12H,2,6H2,1H3. The lowest BCUT2D eigenvalue weighted by Crippen LogP contribution is -2.12. The van der Waals surface area contributed by atoms with Crippen molar-refractivity contribution in [1.82, 2.24) is 4.98 Å². The lowest BCUT2D eigenvalue weighted by Gasteiger charge is -2.03. The molecule has 0 unspecified atom stereocenters. The smallest absolute Gasteiger partial charge is 0.357 e. The molecule has 0 saturated heterocycles. The van der Waals surface area contributed by atoms with Crippen LogP contribution in [0.15, 0.2) is 22.8 Å². The third-order valence-corrected chi connectivity index (χ3v) is 2.16. The Morgan fingerprint density at radius 1 is 1.41 bits per heavy atom. The molecule has 0 aromatic carbocycles. The molecule has 0 spiro atoms. The van der Waals surface area contributed by atoms with Gasteiger partial charge in [-0.1, -0.05) is 6.92 Å². The number of hydrogen-bond acceptors (Lipinski definition) is 5. The predicted octanol–water partition coefficient (Wildman–Crippen LogP) is 1.83. The number of aromatic amines is 1. The van der Waals surface area contributed by atoms with Gasteiger partial charge in [0.25, 0.3) is 0 Å². The Labute approximate surface area is 96.5 Å². The predicted molar refractivity (Wildman–Crippen MR) is 57.2 cm³/mol. The lowest BCUT2D eigenvalue weighted by molar-refractivity contribution is -0.151. The maximum atomic E-state index is 11.5. The quantitative estimate of drug-likeness (QED) is 0.648. The van der Waals surface area contributed by atoms with Gasteiger partial charge in [-0.05, 0) is 0 Å². The summed E-state index contributed by atoms with van der Waals surface area (Å²) < 4.78 is 14.4. The minimum Gasteiger partial charge on any atom is -0.463 e. The minimum atomic E-state index is -0.597. The van der Waals surface area contributed by atoms with Crippen LogP contribution in [0, 0.1) is 0 Å². The summed E-state index contributed by atoms with van der Waals surface area (Å²) in [4.78, 5) is 25.1. The van der Waals surface area contributed by atoms with E-state index in [4.69, 9.17) is 9.15 Å². The summed E-state index contributed by atoms with van der Waals surface area (Å²) in [6.07, 6.45) is 1.76. The molecule has 0 fully saturated rings. The first kappa shape index (κ1) is 11.3. The summed E-state index contributed by atoms with van der Waals surface area (Å²) in [5.74, 6) is -1.02. The van der Waals surface area contributed by atoms with Crippen LogP contribution in [0.4, 0.5) is 0 Å². The molecule has 1 N–H and O–H groups in total. The fraction of sp³-hybridized carbons (Fsp3) is 0.273. The molecule has 0 bridgehead atoms. The summed E-state index contributed by atoms with van der Waals surface area (Å²) in [6, 6.07) is 3.22. The fourth-order valence-corrected chi connectivity index (χ4v) is 1.29. The van der Waals surface area contributed by atoms with E-state index in [9.17, 15) is 9.59 Å². The van der Waals surface area contributed by atoms with Crippen molar-refractivity contribution in [2.24, 2.45) is 0 Å². The van der Waals surface area contributed by atoms with Gasteiger partial charge in [-0.2, -0.15) is 0 Å². The van der Waals surface area contributed by atoms with Gasteiger partial charge in [-0.15, -0.1) is 0 Å². The van der Waals surface area contributed by atoms with Gasteiger partial charge in [0.05, 0.1) is 11.8 Å². The summed E-state index contributed by atoms with van der Waals surface area (Å²) in [7, 11) is 0. The second-order valence-electron chi connectivity index (χ2n) is 3.30. The van der Waals surface area contributed by atoms with E-state index >= 15 is 0 Å². The maximum Gasteiger partial charge on any atom is 0.357 e. The average molecular weight is 237 g/mol. The van der Waals surface area contributed by atoms with Crippen molar-refractivity contribution in [2.45, 2.75) is 13.3 Å². The minimum absolute atomic E-state index is 0.243. The van der Waals surface area contributed by atoms with Crippen LogP contribution in [0.2, 0.25) is 0 Å². The maximum absolute atomic E-state index is 11.5. The van der Waals surface area contributed by atoms with Crippen molar-refractivity contribution >= 4 is 23.0 Å². The lowest BCUT2D eigenvalue weighted by atomic mass is 10.4. The number of H-pyrrole nitrogens is 1. The van der Waals surface area contributed by atoms with Crippen LogP contribution in [-0.2, 0) is 14.3 Å². The Hall–Kier alpha value is -2.24. The molecule has 2 heterocycles. The summed E-state index contributed by atoms with van der Waals surface area (Å²) in [5, 5.41) is 0. The van der Waals surface area contributed by atoms with E-state index in [2.05, 4.69) is 9.72 Å². The van der Waals surface area contributed by atoms with Gasteiger partial charge < -0.3 is 18.9 Å². The summed E-state index contributed by atoms with van der Waals surface area (Å²) >= 11 is 0. The van der Waals surface area contributed by atoms with Gasteiger partial charge >= 0.3 is 11.9 Å². The molecule has 0 atom stereocenters. The second kappa shape index (κ2) is 4.73. The number of rotatable bonds is 4. The summed E-state index contributed by atoms with van der Waals surface area (Å²) in [6.45, 7) is 1.27. The van der Waals surface area contributed by atoms with Gasteiger partial charge in [0.2, 0.25) is 6.79 Å². The van der Waals surface area contributed by atoms with E-state index in [0.29, 0.717) is 11.1 Å². The molecule has 0 aliphatic rings. The molecular formula is C11H11NO5. The number of aromatic nitrogens is 1. The molecule has 0 amide bonds. The highest BCUT2D eigenvalue weighted by atomic mass is 16.7. The largest absolute Gasteiger partial charge is 0.463 e. The van der Waals surface area contributed by atoms with Crippen LogP contribution in [0.5, 0.6) is 0 Å².